The summed E-state index contributed by atoms with van der Waals surface area (Å²) >= 11 is 0. The molecule has 0 radical (unpaired) electrons. The van der Waals surface area contributed by atoms with Crippen LogP contribution in [0.3, 0.4) is 0 Å². The third kappa shape index (κ3) is 2.96. The van der Waals surface area contributed by atoms with Gasteiger partial charge in [0.25, 0.3) is 5.91 Å². The molecule has 1 aliphatic rings. The van der Waals surface area contributed by atoms with Gasteiger partial charge < -0.3 is 14.6 Å². The molecule has 0 saturated heterocycles. The number of sulfonamides is 1. The Labute approximate surface area is 111 Å². The molecule has 1 amide bonds. The number of amides is 1. The van der Waals surface area contributed by atoms with E-state index in [4.69, 9.17) is 9.88 Å². The van der Waals surface area contributed by atoms with Gasteiger partial charge >= 0.3 is 0 Å². The smallest absolute Gasteiger partial charge is 0.268 e. The molecule has 106 valence electrons. The van der Waals surface area contributed by atoms with Crippen LogP contribution in [-0.2, 0) is 21.8 Å². The number of rotatable bonds is 4. The maximum absolute atomic E-state index is 12.0. The highest BCUT2D eigenvalue weighted by atomic mass is 32.2. The Morgan fingerprint density at radius 3 is 2.63 bits per heavy atom. The summed E-state index contributed by atoms with van der Waals surface area (Å²) in [5.74, 6) is -0.308. The van der Waals surface area contributed by atoms with Gasteiger partial charge in [0.05, 0.1) is 6.10 Å². The Morgan fingerprint density at radius 1 is 1.53 bits per heavy atom. The molecule has 0 aromatic carbocycles. The lowest BCUT2D eigenvalue weighted by molar-refractivity contribution is 0.0175. The Balaban J connectivity index is 2.06. The zero-order valence-corrected chi connectivity index (χ0v) is 11.6. The highest BCUT2D eigenvalue weighted by Gasteiger charge is 2.31. The van der Waals surface area contributed by atoms with Crippen LogP contribution in [0, 0.1) is 0 Å². The van der Waals surface area contributed by atoms with Crippen LogP contribution in [0.2, 0.25) is 0 Å². The zero-order chi connectivity index (χ0) is 14.2. The third-order valence-corrected chi connectivity index (χ3v) is 4.18. The number of aryl methyl sites for hydroxylation is 1. The van der Waals surface area contributed by atoms with Crippen LogP contribution in [0.15, 0.2) is 17.2 Å². The second kappa shape index (κ2) is 4.95. The molecule has 0 aliphatic heterocycles. The van der Waals surface area contributed by atoms with Gasteiger partial charge in [0.15, 0.2) is 0 Å². The summed E-state index contributed by atoms with van der Waals surface area (Å²) in [5.41, 5.74) is 0.268. The fourth-order valence-corrected chi connectivity index (χ4v) is 2.63. The molecule has 2 rings (SSSR count). The fraction of sp³-hybridized carbons (Fsp3) is 0.545. The lowest BCUT2D eigenvalue weighted by atomic mass is 9.89. The number of carbonyl (C=O) groups is 1. The predicted molar refractivity (Wildman–Crippen MR) is 68.1 cm³/mol. The summed E-state index contributed by atoms with van der Waals surface area (Å²) in [5, 5.41) is 7.85. The fourth-order valence-electron chi connectivity index (χ4n) is 2.05. The maximum atomic E-state index is 12.0. The molecular formula is C11H17N3O4S. The number of aromatic nitrogens is 1. The topological polar surface area (TPSA) is 103 Å². The average Bonchev–Trinajstić information content (AvgIpc) is 2.64. The van der Waals surface area contributed by atoms with Crippen molar-refractivity contribution in [2.75, 3.05) is 7.11 Å². The van der Waals surface area contributed by atoms with Gasteiger partial charge in [-0.1, -0.05) is 0 Å². The molecule has 0 atom stereocenters. The molecule has 1 aromatic heterocycles. The quantitative estimate of drug-likeness (QED) is 0.785. The standard InChI is InChI=1S/C11H17N3O4S/c1-14-6-9(19(12,16)17)5-10(14)11(15)13-7-3-8(4-7)18-2/h5-8H,3-4H2,1-2H3,(H,13,15)(H2,12,16,17). The Bertz CT molecular complexity index is 587. The number of nitrogens with one attached hydrogen (secondary N) is 1. The number of hydrogen-bond acceptors (Lipinski definition) is 4. The summed E-state index contributed by atoms with van der Waals surface area (Å²) in [4.78, 5) is 11.9. The highest BCUT2D eigenvalue weighted by Crippen LogP contribution is 2.23. The van der Waals surface area contributed by atoms with E-state index >= 15 is 0 Å². The van der Waals surface area contributed by atoms with Gasteiger partial charge in [-0.3, -0.25) is 4.79 Å². The van der Waals surface area contributed by atoms with Gasteiger partial charge in [0.1, 0.15) is 10.6 Å². The highest BCUT2D eigenvalue weighted by molar-refractivity contribution is 7.89. The number of carbonyl (C=O) groups excluding carboxylic acids is 1. The molecule has 0 spiro atoms. The first-order chi connectivity index (χ1) is 8.81. The maximum Gasteiger partial charge on any atom is 0.268 e. The summed E-state index contributed by atoms with van der Waals surface area (Å²) in [6.45, 7) is 0. The van der Waals surface area contributed by atoms with Crippen LogP contribution in [0.25, 0.3) is 0 Å². The summed E-state index contributed by atoms with van der Waals surface area (Å²) in [7, 11) is -0.555. The molecule has 1 saturated carbocycles. The molecule has 1 aliphatic carbocycles. The minimum Gasteiger partial charge on any atom is -0.381 e. The molecule has 19 heavy (non-hydrogen) atoms. The number of methoxy groups -OCH3 is 1. The molecule has 0 bridgehead atoms. The van der Waals surface area contributed by atoms with Crippen molar-refractivity contribution in [3.05, 3.63) is 18.0 Å². The zero-order valence-electron chi connectivity index (χ0n) is 10.8. The van der Waals surface area contributed by atoms with Gasteiger partial charge in [-0.25, -0.2) is 13.6 Å². The van der Waals surface area contributed by atoms with E-state index in [9.17, 15) is 13.2 Å². The third-order valence-electron chi connectivity index (χ3n) is 3.30. The number of ether oxygens (including phenoxy) is 1. The minimum absolute atomic E-state index is 0.0662. The van der Waals surface area contributed by atoms with E-state index in [0.29, 0.717) is 0 Å². The number of primary sulfonamides is 1. The van der Waals surface area contributed by atoms with Crippen molar-refractivity contribution < 1.29 is 17.9 Å². The second-order valence-corrected chi connectivity index (χ2v) is 6.28. The normalized spacial score (nSPS) is 22.9. The van der Waals surface area contributed by atoms with Crippen molar-refractivity contribution in [2.24, 2.45) is 12.2 Å². The van der Waals surface area contributed by atoms with Crippen LogP contribution < -0.4 is 10.5 Å². The lowest BCUT2D eigenvalue weighted by Crippen LogP contribution is -2.47. The summed E-state index contributed by atoms with van der Waals surface area (Å²) in [6, 6.07) is 1.35. The molecule has 1 heterocycles. The van der Waals surface area contributed by atoms with E-state index in [1.54, 1.807) is 14.2 Å². The first-order valence-electron chi connectivity index (χ1n) is 5.84. The predicted octanol–water partition coefficient (Wildman–Crippen LogP) is -0.420. The number of nitrogens with zero attached hydrogens (tertiary/aromatic N) is 1. The molecule has 8 heteroatoms. The number of hydrogen-bond donors (Lipinski definition) is 2. The van der Waals surface area contributed by atoms with E-state index in [-0.39, 0.29) is 28.6 Å². The van der Waals surface area contributed by atoms with Crippen LogP contribution in [0.4, 0.5) is 0 Å². The summed E-state index contributed by atoms with van der Waals surface area (Å²) in [6.07, 6.45) is 3.06. The van der Waals surface area contributed by atoms with Crippen molar-refractivity contribution >= 4 is 15.9 Å². The summed E-state index contributed by atoms with van der Waals surface area (Å²) < 4.78 is 29.0. The van der Waals surface area contributed by atoms with Gasteiger partial charge in [0, 0.05) is 26.4 Å². The van der Waals surface area contributed by atoms with Gasteiger partial charge in [-0.15, -0.1) is 0 Å². The van der Waals surface area contributed by atoms with E-state index in [1.165, 1.54) is 16.8 Å². The van der Waals surface area contributed by atoms with Crippen LogP contribution in [0.5, 0.6) is 0 Å². The number of nitrogens with two attached hydrogens (primary N) is 1. The molecule has 0 unspecified atom stereocenters. The first-order valence-corrected chi connectivity index (χ1v) is 7.38. The Kier molecular flexibility index (Phi) is 3.66. The van der Waals surface area contributed by atoms with E-state index in [1.807, 2.05) is 0 Å². The first kappa shape index (κ1) is 14.0. The Hall–Kier alpha value is -1.38. The van der Waals surface area contributed by atoms with Crippen molar-refractivity contribution in [2.45, 2.75) is 29.9 Å². The largest absolute Gasteiger partial charge is 0.381 e. The van der Waals surface area contributed by atoms with Crippen molar-refractivity contribution in [3.8, 4) is 0 Å². The SMILES string of the molecule is COC1CC(NC(=O)c2cc(S(N)(=O)=O)cn2C)C1. The van der Waals surface area contributed by atoms with Crippen LogP contribution >= 0.6 is 0 Å². The van der Waals surface area contributed by atoms with Crippen LogP contribution in [-0.4, -0.2) is 38.1 Å². The molecule has 7 nitrogen and oxygen atoms in total. The molecular weight excluding hydrogens is 270 g/mol. The van der Waals surface area contributed by atoms with Gasteiger partial charge in [-0.2, -0.15) is 0 Å². The molecule has 3 N–H and O–H groups in total. The molecule has 1 aromatic rings. The second-order valence-electron chi connectivity index (χ2n) is 4.72. The monoisotopic (exact) mass is 287 g/mol. The average molecular weight is 287 g/mol. The molecule has 1 fully saturated rings. The van der Waals surface area contributed by atoms with E-state index < -0.39 is 10.0 Å². The Morgan fingerprint density at radius 2 is 2.16 bits per heavy atom. The minimum atomic E-state index is -3.79. The van der Waals surface area contributed by atoms with Crippen molar-refractivity contribution in [1.82, 2.24) is 9.88 Å². The van der Waals surface area contributed by atoms with E-state index in [0.717, 1.165) is 12.8 Å². The van der Waals surface area contributed by atoms with Crippen LogP contribution in [0.1, 0.15) is 23.3 Å². The van der Waals surface area contributed by atoms with Gasteiger partial charge in [0.2, 0.25) is 10.0 Å². The van der Waals surface area contributed by atoms with E-state index in [2.05, 4.69) is 5.32 Å². The van der Waals surface area contributed by atoms with Gasteiger partial charge in [-0.05, 0) is 18.9 Å². The van der Waals surface area contributed by atoms with Crippen molar-refractivity contribution in [3.63, 3.8) is 0 Å². The lowest BCUT2D eigenvalue weighted by Gasteiger charge is -2.34. The van der Waals surface area contributed by atoms with Crippen molar-refractivity contribution in [1.29, 1.82) is 0 Å².